The first-order chi connectivity index (χ1) is 9.17. The summed E-state index contributed by atoms with van der Waals surface area (Å²) in [6.07, 6.45) is 0. The van der Waals surface area contributed by atoms with E-state index in [-0.39, 0.29) is 5.82 Å². The number of benzene rings is 2. The van der Waals surface area contributed by atoms with Gasteiger partial charge in [-0.25, -0.2) is 9.37 Å². The molecule has 0 radical (unpaired) electrons. The number of nitrogen functional groups attached to an aromatic ring is 1. The molecule has 0 aliphatic carbocycles. The first-order valence-corrected chi connectivity index (χ1v) is 6.49. The SMILES string of the molecule is COc1ccc(-c2nc3cc(F)ccc3s2)c(N)c1. The van der Waals surface area contributed by atoms with E-state index in [1.807, 2.05) is 12.1 Å². The van der Waals surface area contributed by atoms with Crippen LogP contribution in [0.15, 0.2) is 36.4 Å². The zero-order valence-corrected chi connectivity index (χ0v) is 11.0. The van der Waals surface area contributed by atoms with Gasteiger partial charge in [0, 0.05) is 23.4 Å². The normalized spacial score (nSPS) is 10.8. The van der Waals surface area contributed by atoms with Crippen LogP contribution in [0.1, 0.15) is 0 Å². The van der Waals surface area contributed by atoms with Gasteiger partial charge in [0.15, 0.2) is 0 Å². The van der Waals surface area contributed by atoms with E-state index >= 15 is 0 Å². The van der Waals surface area contributed by atoms with E-state index in [2.05, 4.69) is 4.98 Å². The molecule has 0 aliphatic rings. The fraction of sp³-hybridized carbons (Fsp3) is 0.0714. The zero-order valence-electron chi connectivity index (χ0n) is 10.2. The average Bonchev–Trinajstić information content (AvgIpc) is 2.81. The molecule has 0 spiro atoms. The highest BCUT2D eigenvalue weighted by Crippen LogP contribution is 2.35. The third-order valence-corrected chi connectivity index (χ3v) is 3.91. The summed E-state index contributed by atoms with van der Waals surface area (Å²) in [7, 11) is 1.59. The van der Waals surface area contributed by atoms with Crippen molar-refractivity contribution in [2.24, 2.45) is 0 Å². The maximum absolute atomic E-state index is 13.1. The second kappa shape index (κ2) is 4.51. The number of nitrogens with two attached hydrogens (primary N) is 1. The van der Waals surface area contributed by atoms with Crippen molar-refractivity contribution in [3.8, 4) is 16.3 Å². The summed E-state index contributed by atoms with van der Waals surface area (Å²) in [4.78, 5) is 4.42. The molecule has 0 unspecified atom stereocenters. The number of ether oxygens (including phenoxy) is 1. The molecular formula is C14H11FN2OS. The fourth-order valence-electron chi connectivity index (χ4n) is 1.88. The quantitative estimate of drug-likeness (QED) is 0.725. The lowest BCUT2D eigenvalue weighted by Gasteiger charge is -2.04. The lowest BCUT2D eigenvalue weighted by molar-refractivity contribution is 0.415. The topological polar surface area (TPSA) is 48.1 Å². The summed E-state index contributed by atoms with van der Waals surface area (Å²) in [6, 6.07) is 10.0. The Bertz CT molecular complexity index is 754. The lowest BCUT2D eigenvalue weighted by atomic mass is 10.2. The molecule has 0 fully saturated rings. The maximum Gasteiger partial charge on any atom is 0.126 e. The Kier molecular flexibility index (Phi) is 2.83. The highest BCUT2D eigenvalue weighted by Gasteiger charge is 2.10. The van der Waals surface area contributed by atoms with Crippen LogP contribution in [0.5, 0.6) is 5.75 Å². The number of fused-ring (bicyclic) bond motifs is 1. The molecule has 2 N–H and O–H groups in total. The largest absolute Gasteiger partial charge is 0.497 e. The van der Waals surface area contributed by atoms with E-state index in [4.69, 9.17) is 10.5 Å². The van der Waals surface area contributed by atoms with Crippen LogP contribution in [0.25, 0.3) is 20.8 Å². The van der Waals surface area contributed by atoms with Crippen LogP contribution in [-0.2, 0) is 0 Å². The second-order valence-electron chi connectivity index (χ2n) is 4.08. The van der Waals surface area contributed by atoms with Crippen LogP contribution >= 0.6 is 11.3 Å². The first kappa shape index (κ1) is 11.9. The Balaban J connectivity index is 2.13. The van der Waals surface area contributed by atoms with Crippen LogP contribution in [0.2, 0.25) is 0 Å². The number of methoxy groups -OCH3 is 1. The van der Waals surface area contributed by atoms with Crippen molar-refractivity contribution in [3.05, 3.63) is 42.2 Å². The molecule has 0 atom stereocenters. The smallest absolute Gasteiger partial charge is 0.126 e. The number of anilines is 1. The average molecular weight is 274 g/mol. The predicted octanol–water partition coefficient (Wildman–Crippen LogP) is 3.69. The molecule has 0 bridgehead atoms. The summed E-state index contributed by atoms with van der Waals surface area (Å²) in [6.45, 7) is 0. The predicted molar refractivity (Wildman–Crippen MR) is 76.0 cm³/mol. The summed E-state index contributed by atoms with van der Waals surface area (Å²) in [5.41, 5.74) is 8.07. The Morgan fingerprint density at radius 2 is 2.05 bits per heavy atom. The molecule has 3 nitrogen and oxygen atoms in total. The molecule has 0 saturated carbocycles. The van der Waals surface area contributed by atoms with Crippen molar-refractivity contribution >= 4 is 27.2 Å². The molecule has 3 aromatic rings. The van der Waals surface area contributed by atoms with Crippen LogP contribution in [0.3, 0.4) is 0 Å². The number of aromatic nitrogens is 1. The van der Waals surface area contributed by atoms with Gasteiger partial charge in [-0.2, -0.15) is 0 Å². The van der Waals surface area contributed by atoms with Gasteiger partial charge in [-0.05, 0) is 24.3 Å². The van der Waals surface area contributed by atoms with Crippen LogP contribution < -0.4 is 10.5 Å². The van der Waals surface area contributed by atoms with E-state index in [1.54, 1.807) is 19.2 Å². The monoisotopic (exact) mass is 274 g/mol. The molecule has 0 aliphatic heterocycles. The molecular weight excluding hydrogens is 263 g/mol. The molecule has 0 amide bonds. The van der Waals surface area contributed by atoms with Crippen LogP contribution in [0.4, 0.5) is 10.1 Å². The third-order valence-electron chi connectivity index (χ3n) is 2.84. The van der Waals surface area contributed by atoms with Crippen LogP contribution in [-0.4, -0.2) is 12.1 Å². The van der Waals surface area contributed by atoms with Crippen molar-refractivity contribution in [2.75, 3.05) is 12.8 Å². The number of nitrogens with zero attached hydrogens (tertiary/aromatic N) is 1. The van der Waals surface area contributed by atoms with Gasteiger partial charge in [0.1, 0.15) is 16.6 Å². The molecule has 5 heteroatoms. The summed E-state index contributed by atoms with van der Waals surface area (Å²) in [5.74, 6) is 0.417. The number of hydrogen-bond acceptors (Lipinski definition) is 4. The van der Waals surface area contributed by atoms with Gasteiger partial charge in [0.2, 0.25) is 0 Å². The van der Waals surface area contributed by atoms with E-state index in [9.17, 15) is 4.39 Å². The molecule has 19 heavy (non-hydrogen) atoms. The Morgan fingerprint density at radius 3 is 2.79 bits per heavy atom. The van der Waals surface area contributed by atoms with Crippen molar-refractivity contribution in [3.63, 3.8) is 0 Å². The molecule has 96 valence electrons. The van der Waals surface area contributed by atoms with Gasteiger partial charge >= 0.3 is 0 Å². The third kappa shape index (κ3) is 2.13. The fourth-order valence-corrected chi connectivity index (χ4v) is 2.87. The summed E-state index contributed by atoms with van der Waals surface area (Å²) >= 11 is 1.49. The Hall–Kier alpha value is -2.14. The number of halogens is 1. The summed E-state index contributed by atoms with van der Waals surface area (Å²) in [5, 5.41) is 0.778. The molecule has 1 heterocycles. The Labute approximate surface area is 113 Å². The number of thiazole rings is 1. The maximum atomic E-state index is 13.1. The second-order valence-corrected chi connectivity index (χ2v) is 5.11. The van der Waals surface area contributed by atoms with Gasteiger partial charge in [-0.1, -0.05) is 0 Å². The first-order valence-electron chi connectivity index (χ1n) is 5.67. The van der Waals surface area contributed by atoms with Gasteiger partial charge in [0.25, 0.3) is 0 Å². The van der Waals surface area contributed by atoms with Crippen molar-refractivity contribution in [1.29, 1.82) is 0 Å². The van der Waals surface area contributed by atoms with Crippen molar-refractivity contribution < 1.29 is 9.13 Å². The highest BCUT2D eigenvalue weighted by molar-refractivity contribution is 7.21. The molecule has 1 aromatic heterocycles. The minimum Gasteiger partial charge on any atom is -0.497 e. The minimum absolute atomic E-state index is 0.285. The molecule has 3 rings (SSSR count). The van der Waals surface area contributed by atoms with E-state index in [1.165, 1.54) is 23.5 Å². The zero-order chi connectivity index (χ0) is 13.4. The lowest BCUT2D eigenvalue weighted by Crippen LogP contribution is -1.91. The number of rotatable bonds is 2. The van der Waals surface area contributed by atoms with Gasteiger partial charge < -0.3 is 10.5 Å². The molecule has 2 aromatic carbocycles. The van der Waals surface area contributed by atoms with Crippen molar-refractivity contribution in [1.82, 2.24) is 4.98 Å². The number of hydrogen-bond donors (Lipinski definition) is 1. The van der Waals surface area contributed by atoms with Gasteiger partial charge in [-0.3, -0.25) is 0 Å². The Morgan fingerprint density at radius 1 is 1.21 bits per heavy atom. The van der Waals surface area contributed by atoms with Gasteiger partial charge in [-0.15, -0.1) is 11.3 Å². The van der Waals surface area contributed by atoms with Crippen LogP contribution in [0, 0.1) is 5.82 Å². The summed E-state index contributed by atoms with van der Waals surface area (Å²) < 4.78 is 19.2. The van der Waals surface area contributed by atoms with E-state index in [0.29, 0.717) is 17.0 Å². The van der Waals surface area contributed by atoms with Crippen molar-refractivity contribution in [2.45, 2.75) is 0 Å². The molecule has 0 saturated heterocycles. The minimum atomic E-state index is -0.285. The highest BCUT2D eigenvalue weighted by atomic mass is 32.1. The van der Waals surface area contributed by atoms with E-state index in [0.717, 1.165) is 15.3 Å². The van der Waals surface area contributed by atoms with Gasteiger partial charge in [0.05, 0.1) is 17.3 Å². The van der Waals surface area contributed by atoms with E-state index < -0.39 is 0 Å². The standard InChI is InChI=1S/C14H11FN2OS/c1-18-9-3-4-10(11(16)7-9)14-17-12-6-8(15)2-5-13(12)19-14/h2-7H,16H2,1H3.